The summed E-state index contributed by atoms with van der Waals surface area (Å²) in [6, 6.07) is 5.39. The minimum atomic E-state index is -0.227. The van der Waals surface area contributed by atoms with Gasteiger partial charge in [0.25, 0.3) is 5.91 Å². The molecule has 90 valence electrons. The van der Waals surface area contributed by atoms with E-state index in [1.54, 1.807) is 19.2 Å². The maximum absolute atomic E-state index is 11.5. The normalized spacial score (nSPS) is 9.53. The molecular weight excluding hydrogens is 216 g/mol. The number of hydrogen-bond acceptors (Lipinski definition) is 2. The fraction of sp³-hybridized carbons (Fsp3) is 0.231. The van der Waals surface area contributed by atoms with Crippen molar-refractivity contribution in [2.45, 2.75) is 13.5 Å². The molecule has 0 bridgehead atoms. The summed E-state index contributed by atoms with van der Waals surface area (Å²) >= 11 is 0. The van der Waals surface area contributed by atoms with Crippen molar-refractivity contribution in [3.05, 3.63) is 47.5 Å². The van der Waals surface area contributed by atoms with E-state index in [4.69, 9.17) is 0 Å². The van der Waals surface area contributed by atoms with Gasteiger partial charge in [-0.3, -0.25) is 9.59 Å². The molecule has 1 aromatic carbocycles. The standard InChI is InChI=1S/C13H16N2O2/c1-4-12(16)15-8-11-7-10(13(17)14-3)6-5-9(11)2/h4-7H,1,8H2,2-3H3,(H,14,17)(H,15,16). The van der Waals surface area contributed by atoms with Gasteiger partial charge in [0.05, 0.1) is 0 Å². The van der Waals surface area contributed by atoms with Crippen LogP contribution in [0, 0.1) is 6.92 Å². The van der Waals surface area contributed by atoms with E-state index in [9.17, 15) is 9.59 Å². The predicted octanol–water partition coefficient (Wildman–Crippen LogP) is 1.16. The molecule has 0 aliphatic carbocycles. The summed E-state index contributed by atoms with van der Waals surface area (Å²) < 4.78 is 0. The van der Waals surface area contributed by atoms with Crippen LogP contribution in [0.4, 0.5) is 0 Å². The van der Waals surface area contributed by atoms with Crippen LogP contribution in [0.1, 0.15) is 21.5 Å². The van der Waals surface area contributed by atoms with Crippen LogP contribution in [0.5, 0.6) is 0 Å². The van der Waals surface area contributed by atoms with Crippen LogP contribution in [0.3, 0.4) is 0 Å². The van der Waals surface area contributed by atoms with Crippen LogP contribution in [0.15, 0.2) is 30.9 Å². The monoisotopic (exact) mass is 232 g/mol. The highest BCUT2D eigenvalue weighted by molar-refractivity contribution is 5.94. The van der Waals surface area contributed by atoms with Crippen LogP contribution in [0.2, 0.25) is 0 Å². The minimum Gasteiger partial charge on any atom is -0.355 e. The van der Waals surface area contributed by atoms with Gasteiger partial charge in [0.2, 0.25) is 5.91 Å². The van der Waals surface area contributed by atoms with Crippen molar-refractivity contribution < 1.29 is 9.59 Å². The molecule has 0 saturated carbocycles. The van der Waals surface area contributed by atoms with Crippen molar-refractivity contribution in [3.8, 4) is 0 Å². The Morgan fingerprint density at radius 1 is 1.41 bits per heavy atom. The summed E-state index contributed by atoms with van der Waals surface area (Å²) in [7, 11) is 1.58. The Balaban J connectivity index is 2.87. The molecule has 0 spiro atoms. The van der Waals surface area contributed by atoms with Gasteiger partial charge >= 0.3 is 0 Å². The first kappa shape index (κ1) is 13.0. The quantitative estimate of drug-likeness (QED) is 0.765. The Bertz CT molecular complexity index is 453. The van der Waals surface area contributed by atoms with Gasteiger partial charge in [0.15, 0.2) is 0 Å². The largest absolute Gasteiger partial charge is 0.355 e. The molecule has 0 aliphatic heterocycles. The van der Waals surface area contributed by atoms with E-state index in [1.807, 2.05) is 13.0 Å². The molecule has 4 heteroatoms. The maximum atomic E-state index is 11.5. The number of aryl methyl sites for hydroxylation is 1. The van der Waals surface area contributed by atoms with Crippen LogP contribution < -0.4 is 10.6 Å². The number of nitrogens with one attached hydrogen (secondary N) is 2. The number of amides is 2. The first-order valence-electron chi connectivity index (χ1n) is 5.30. The summed E-state index contributed by atoms with van der Waals surface area (Å²) in [6.07, 6.45) is 1.22. The number of carbonyl (C=O) groups excluding carboxylic acids is 2. The molecule has 2 N–H and O–H groups in total. The first-order chi connectivity index (χ1) is 8.08. The van der Waals surface area contributed by atoms with E-state index in [-0.39, 0.29) is 11.8 Å². The van der Waals surface area contributed by atoms with E-state index in [2.05, 4.69) is 17.2 Å². The van der Waals surface area contributed by atoms with Gasteiger partial charge in [0.1, 0.15) is 0 Å². The number of hydrogen-bond donors (Lipinski definition) is 2. The Labute approximate surface area is 101 Å². The molecule has 0 heterocycles. The maximum Gasteiger partial charge on any atom is 0.251 e. The fourth-order valence-corrected chi connectivity index (χ4v) is 1.40. The van der Waals surface area contributed by atoms with Gasteiger partial charge in [-0.25, -0.2) is 0 Å². The zero-order valence-electron chi connectivity index (χ0n) is 10.0. The van der Waals surface area contributed by atoms with Crippen molar-refractivity contribution >= 4 is 11.8 Å². The summed E-state index contributed by atoms with van der Waals surface area (Å²) in [5.74, 6) is -0.365. The van der Waals surface area contributed by atoms with E-state index < -0.39 is 0 Å². The zero-order valence-corrected chi connectivity index (χ0v) is 10.0. The van der Waals surface area contributed by atoms with Gasteiger partial charge in [0, 0.05) is 19.2 Å². The molecule has 0 fully saturated rings. The molecule has 0 saturated heterocycles. The summed E-state index contributed by atoms with van der Waals surface area (Å²) in [6.45, 7) is 5.70. The third kappa shape index (κ3) is 3.45. The number of carbonyl (C=O) groups is 2. The molecule has 17 heavy (non-hydrogen) atoms. The van der Waals surface area contributed by atoms with Crippen molar-refractivity contribution in [1.82, 2.24) is 10.6 Å². The molecule has 0 unspecified atom stereocenters. The smallest absolute Gasteiger partial charge is 0.251 e. The van der Waals surface area contributed by atoms with Crippen LogP contribution in [0.25, 0.3) is 0 Å². The Hall–Kier alpha value is -2.10. The van der Waals surface area contributed by atoms with Crippen molar-refractivity contribution in [2.24, 2.45) is 0 Å². The van der Waals surface area contributed by atoms with Gasteiger partial charge in [-0.2, -0.15) is 0 Å². The van der Waals surface area contributed by atoms with Gasteiger partial charge in [-0.05, 0) is 36.3 Å². The topological polar surface area (TPSA) is 58.2 Å². The molecule has 0 atom stereocenters. The third-order valence-corrected chi connectivity index (χ3v) is 2.48. The second kappa shape index (κ2) is 5.84. The van der Waals surface area contributed by atoms with Crippen molar-refractivity contribution in [2.75, 3.05) is 7.05 Å². The summed E-state index contributed by atoms with van der Waals surface area (Å²) in [4.78, 5) is 22.5. The first-order valence-corrected chi connectivity index (χ1v) is 5.30. The zero-order chi connectivity index (χ0) is 12.8. The SMILES string of the molecule is C=CC(=O)NCc1cc(C(=O)NC)ccc1C. The molecule has 0 radical (unpaired) electrons. The second-order valence-electron chi connectivity index (χ2n) is 3.64. The molecule has 4 nitrogen and oxygen atoms in total. The lowest BCUT2D eigenvalue weighted by atomic mass is 10.0. The second-order valence-corrected chi connectivity index (χ2v) is 3.64. The van der Waals surface area contributed by atoms with Gasteiger partial charge < -0.3 is 10.6 Å². The fourth-order valence-electron chi connectivity index (χ4n) is 1.40. The Morgan fingerprint density at radius 3 is 2.71 bits per heavy atom. The van der Waals surface area contributed by atoms with E-state index >= 15 is 0 Å². The summed E-state index contributed by atoms with van der Waals surface area (Å²) in [5.41, 5.74) is 2.53. The van der Waals surface area contributed by atoms with Crippen molar-refractivity contribution in [3.63, 3.8) is 0 Å². The van der Waals surface area contributed by atoms with Crippen LogP contribution in [-0.2, 0) is 11.3 Å². The highest BCUT2D eigenvalue weighted by atomic mass is 16.2. The Kier molecular flexibility index (Phi) is 4.46. The van der Waals surface area contributed by atoms with Gasteiger partial charge in [-0.1, -0.05) is 12.6 Å². The van der Waals surface area contributed by atoms with E-state index in [0.717, 1.165) is 11.1 Å². The van der Waals surface area contributed by atoms with Crippen molar-refractivity contribution in [1.29, 1.82) is 0 Å². The highest BCUT2D eigenvalue weighted by Gasteiger charge is 2.06. The molecule has 1 rings (SSSR count). The minimum absolute atomic E-state index is 0.138. The lowest BCUT2D eigenvalue weighted by Gasteiger charge is -2.08. The molecule has 0 aliphatic rings. The van der Waals surface area contributed by atoms with Gasteiger partial charge in [-0.15, -0.1) is 0 Å². The predicted molar refractivity (Wildman–Crippen MR) is 66.6 cm³/mol. The molecule has 0 aromatic heterocycles. The number of benzene rings is 1. The molecular formula is C13H16N2O2. The average Bonchev–Trinajstić information content (AvgIpc) is 2.36. The third-order valence-electron chi connectivity index (χ3n) is 2.48. The molecule has 1 aromatic rings. The Morgan fingerprint density at radius 2 is 2.12 bits per heavy atom. The number of rotatable bonds is 4. The summed E-state index contributed by atoms with van der Waals surface area (Å²) in [5, 5.41) is 5.25. The van der Waals surface area contributed by atoms with Crippen LogP contribution in [-0.4, -0.2) is 18.9 Å². The van der Waals surface area contributed by atoms with E-state index in [1.165, 1.54) is 6.08 Å². The lowest BCUT2D eigenvalue weighted by Crippen LogP contribution is -2.22. The van der Waals surface area contributed by atoms with Crippen LogP contribution >= 0.6 is 0 Å². The average molecular weight is 232 g/mol. The highest BCUT2D eigenvalue weighted by Crippen LogP contribution is 2.11. The van der Waals surface area contributed by atoms with E-state index in [0.29, 0.717) is 12.1 Å². The lowest BCUT2D eigenvalue weighted by molar-refractivity contribution is -0.116. The molecule has 2 amide bonds.